The predicted octanol–water partition coefficient (Wildman–Crippen LogP) is 3.24. The fourth-order valence-corrected chi connectivity index (χ4v) is 3.78. The van der Waals surface area contributed by atoms with Crippen LogP contribution in [0.5, 0.6) is 0 Å². The molecule has 3 aromatic heterocycles. The molecule has 4 aromatic rings. The highest BCUT2D eigenvalue weighted by molar-refractivity contribution is 5.93. The van der Waals surface area contributed by atoms with Crippen LogP contribution in [0.1, 0.15) is 33.6 Å². The highest BCUT2D eigenvalue weighted by Crippen LogP contribution is 2.30. The number of nitrogens with zero attached hydrogens (tertiary/aromatic N) is 5. The van der Waals surface area contributed by atoms with E-state index in [-0.39, 0.29) is 11.9 Å². The number of aryl methyl sites for hydroxylation is 1. The SMILES string of the molecule is Cc1cccc2nc(C(=O)N3Cc4nccn4C[C@@H]3c3ccccc3)cn12. The van der Waals surface area contributed by atoms with Gasteiger partial charge in [0.05, 0.1) is 12.6 Å². The summed E-state index contributed by atoms with van der Waals surface area (Å²) in [7, 11) is 0. The number of hydrogen-bond acceptors (Lipinski definition) is 3. The Kier molecular flexibility index (Phi) is 3.57. The van der Waals surface area contributed by atoms with Gasteiger partial charge in [0.15, 0.2) is 0 Å². The first kappa shape index (κ1) is 15.8. The van der Waals surface area contributed by atoms with E-state index in [4.69, 9.17) is 0 Å². The van der Waals surface area contributed by atoms with E-state index in [0.717, 1.165) is 22.7 Å². The lowest BCUT2D eigenvalue weighted by atomic mass is 10.0. The molecule has 0 radical (unpaired) electrons. The van der Waals surface area contributed by atoms with Crippen LogP contribution in [0.3, 0.4) is 0 Å². The van der Waals surface area contributed by atoms with Gasteiger partial charge in [0.25, 0.3) is 5.91 Å². The van der Waals surface area contributed by atoms with E-state index in [1.54, 1.807) is 6.20 Å². The van der Waals surface area contributed by atoms with Gasteiger partial charge in [-0.15, -0.1) is 0 Å². The van der Waals surface area contributed by atoms with E-state index in [9.17, 15) is 4.79 Å². The van der Waals surface area contributed by atoms with Crippen molar-refractivity contribution in [3.63, 3.8) is 0 Å². The Morgan fingerprint density at radius 1 is 1.11 bits per heavy atom. The molecule has 1 amide bonds. The maximum atomic E-state index is 13.4. The van der Waals surface area contributed by atoms with E-state index < -0.39 is 0 Å². The first-order valence-electron chi connectivity index (χ1n) is 9.01. The minimum Gasteiger partial charge on any atom is -0.331 e. The van der Waals surface area contributed by atoms with Crippen LogP contribution >= 0.6 is 0 Å². The van der Waals surface area contributed by atoms with Crippen molar-refractivity contribution in [2.45, 2.75) is 26.1 Å². The molecule has 27 heavy (non-hydrogen) atoms. The smallest absolute Gasteiger partial charge is 0.275 e. The van der Waals surface area contributed by atoms with Crippen LogP contribution in [0.15, 0.2) is 67.1 Å². The Balaban J connectivity index is 1.57. The van der Waals surface area contributed by atoms with Crippen LogP contribution in [0.2, 0.25) is 0 Å². The molecule has 0 spiro atoms. The molecule has 6 heteroatoms. The van der Waals surface area contributed by atoms with Gasteiger partial charge in [-0.05, 0) is 24.6 Å². The third-order valence-electron chi connectivity index (χ3n) is 5.22. The molecule has 5 rings (SSSR count). The third-order valence-corrected chi connectivity index (χ3v) is 5.22. The molecule has 1 aliphatic rings. The van der Waals surface area contributed by atoms with Gasteiger partial charge in [-0.2, -0.15) is 0 Å². The molecular weight excluding hydrogens is 338 g/mol. The molecule has 0 aliphatic carbocycles. The number of amides is 1. The van der Waals surface area contributed by atoms with Crippen LogP contribution in [-0.2, 0) is 13.1 Å². The molecule has 134 valence electrons. The lowest BCUT2D eigenvalue weighted by Gasteiger charge is -2.36. The largest absolute Gasteiger partial charge is 0.331 e. The van der Waals surface area contributed by atoms with Crippen molar-refractivity contribution >= 4 is 11.6 Å². The van der Waals surface area contributed by atoms with Crippen molar-refractivity contribution in [1.82, 2.24) is 23.8 Å². The summed E-state index contributed by atoms with van der Waals surface area (Å²) in [5, 5.41) is 0. The second-order valence-corrected chi connectivity index (χ2v) is 6.88. The highest BCUT2D eigenvalue weighted by atomic mass is 16.2. The average molecular weight is 357 g/mol. The summed E-state index contributed by atoms with van der Waals surface area (Å²) in [6, 6.07) is 16.0. The summed E-state index contributed by atoms with van der Waals surface area (Å²) >= 11 is 0. The number of pyridine rings is 1. The van der Waals surface area contributed by atoms with Crippen LogP contribution in [0, 0.1) is 6.92 Å². The molecular formula is C21H19N5O. The van der Waals surface area contributed by atoms with Gasteiger partial charge in [0.1, 0.15) is 17.2 Å². The number of carbonyl (C=O) groups excluding carboxylic acids is 1. The average Bonchev–Trinajstić information content (AvgIpc) is 3.34. The van der Waals surface area contributed by atoms with E-state index in [1.165, 1.54) is 0 Å². The topological polar surface area (TPSA) is 55.4 Å². The maximum absolute atomic E-state index is 13.4. The van der Waals surface area contributed by atoms with E-state index in [2.05, 4.69) is 26.7 Å². The van der Waals surface area contributed by atoms with E-state index >= 15 is 0 Å². The molecule has 6 nitrogen and oxygen atoms in total. The molecule has 0 unspecified atom stereocenters. The first-order chi connectivity index (χ1) is 13.2. The standard InChI is InChI=1S/C21H19N5O/c1-15-6-5-9-19-23-17(12-25(15)19)21(27)26-14-20-22-10-11-24(20)13-18(26)16-7-3-2-4-8-16/h2-12,18H,13-14H2,1H3/t18-/m1/s1. The summed E-state index contributed by atoms with van der Waals surface area (Å²) < 4.78 is 4.07. The minimum absolute atomic E-state index is 0.0497. The molecule has 1 aromatic carbocycles. The van der Waals surface area contributed by atoms with Gasteiger partial charge in [-0.3, -0.25) is 4.79 Å². The Hall–Kier alpha value is -3.41. The lowest BCUT2D eigenvalue weighted by Crippen LogP contribution is -2.41. The first-order valence-corrected chi connectivity index (χ1v) is 9.01. The number of benzene rings is 1. The number of fused-ring (bicyclic) bond motifs is 2. The molecule has 0 bridgehead atoms. The monoisotopic (exact) mass is 357 g/mol. The van der Waals surface area contributed by atoms with Crippen LogP contribution in [-0.4, -0.2) is 29.7 Å². The van der Waals surface area contributed by atoms with Gasteiger partial charge in [-0.1, -0.05) is 36.4 Å². The Bertz CT molecular complexity index is 1130. The molecule has 1 aliphatic heterocycles. The molecule has 0 saturated carbocycles. The van der Waals surface area contributed by atoms with E-state index in [1.807, 2.05) is 65.0 Å². The Morgan fingerprint density at radius 3 is 2.78 bits per heavy atom. The van der Waals surface area contributed by atoms with Crippen LogP contribution in [0.25, 0.3) is 5.65 Å². The number of hydrogen-bond donors (Lipinski definition) is 0. The summed E-state index contributed by atoms with van der Waals surface area (Å²) in [6.07, 6.45) is 5.59. The van der Waals surface area contributed by atoms with Crippen LogP contribution in [0.4, 0.5) is 0 Å². The summed E-state index contributed by atoms with van der Waals surface area (Å²) in [5.41, 5.74) is 3.41. The third kappa shape index (κ3) is 2.61. The molecule has 0 fully saturated rings. The fraction of sp³-hybridized carbons (Fsp3) is 0.190. The van der Waals surface area contributed by atoms with Crippen molar-refractivity contribution in [2.24, 2.45) is 0 Å². The zero-order valence-electron chi connectivity index (χ0n) is 15.0. The van der Waals surface area contributed by atoms with Crippen molar-refractivity contribution in [3.8, 4) is 0 Å². The minimum atomic E-state index is -0.0683. The van der Waals surface area contributed by atoms with E-state index in [0.29, 0.717) is 18.8 Å². The van der Waals surface area contributed by atoms with Gasteiger partial charge in [0, 0.05) is 30.8 Å². The Morgan fingerprint density at radius 2 is 1.96 bits per heavy atom. The zero-order chi connectivity index (χ0) is 18.4. The quantitative estimate of drug-likeness (QED) is 0.553. The van der Waals surface area contributed by atoms with Gasteiger partial charge >= 0.3 is 0 Å². The van der Waals surface area contributed by atoms with Crippen molar-refractivity contribution in [1.29, 1.82) is 0 Å². The molecule has 4 heterocycles. The van der Waals surface area contributed by atoms with Gasteiger partial charge in [-0.25, -0.2) is 9.97 Å². The Labute approximate surface area is 156 Å². The summed E-state index contributed by atoms with van der Waals surface area (Å²) in [4.78, 5) is 24.3. The number of rotatable bonds is 2. The van der Waals surface area contributed by atoms with Gasteiger partial charge in [0.2, 0.25) is 0 Å². The highest BCUT2D eigenvalue weighted by Gasteiger charge is 2.33. The zero-order valence-corrected chi connectivity index (χ0v) is 15.0. The second kappa shape index (κ2) is 6.09. The van der Waals surface area contributed by atoms with Crippen LogP contribution < -0.4 is 0 Å². The predicted molar refractivity (Wildman–Crippen MR) is 101 cm³/mol. The molecule has 0 saturated heterocycles. The van der Waals surface area contributed by atoms with Crippen molar-refractivity contribution in [2.75, 3.05) is 0 Å². The lowest BCUT2D eigenvalue weighted by molar-refractivity contribution is 0.0579. The molecule has 1 atom stereocenters. The summed E-state index contributed by atoms with van der Waals surface area (Å²) in [6.45, 7) is 3.17. The maximum Gasteiger partial charge on any atom is 0.275 e. The van der Waals surface area contributed by atoms with Crippen molar-refractivity contribution in [3.05, 3.63) is 89.9 Å². The fourth-order valence-electron chi connectivity index (χ4n) is 3.78. The number of carbonyl (C=O) groups is 1. The summed E-state index contributed by atoms with van der Waals surface area (Å²) in [5.74, 6) is 0.830. The second-order valence-electron chi connectivity index (χ2n) is 6.88. The normalized spacial score (nSPS) is 16.5. The van der Waals surface area contributed by atoms with Crippen molar-refractivity contribution < 1.29 is 4.79 Å². The number of aromatic nitrogens is 4. The van der Waals surface area contributed by atoms with Gasteiger partial charge < -0.3 is 13.9 Å². The molecule has 0 N–H and O–H groups in total. The number of imidazole rings is 2.